The van der Waals surface area contributed by atoms with Crippen molar-refractivity contribution in [2.24, 2.45) is 11.7 Å². The zero-order valence-electron chi connectivity index (χ0n) is 12.1. The summed E-state index contributed by atoms with van der Waals surface area (Å²) in [6, 6.07) is 5.90. The first-order chi connectivity index (χ1) is 8.85. The highest BCUT2D eigenvalue weighted by molar-refractivity contribution is 7.80. The molecular weight excluding hydrogens is 256 g/mol. The largest absolute Gasteiger partial charge is 0.393 e. The summed E-state index contributed by atoms with van der Waals surface area (Å²) in [6.07, 6.45) is 0. The number of benzene rings is 1. The van der Waals surface area contributed by atoms with E-state index in [9.17, 15) is 4.79 Å². The van der Waals surface area contributed by atoms with Gasteiger partial charge in [-0.1, -0.05) is 36.3 Å². The van der Waals surface area contributed by atoms with Gasteiger partial charge in [-0.15, -0.1) is 0 Å². The maximum absolute atomic E-state index is 12.5. The van der Waals surface area contributed by atoms with E-state index < -0.39 is 0 Å². The summed E-state index contributed by atoms with van der Waals surface area (Å²) in [4.78, 5) is 14.7. The van der Waals surface area contributed by atoms with Crippen LogP contribution < -0.4 is 5.73 Å². The van der Waals surface area contributed by atoms with Gasteiger partial charge in [0.25, 0.3) is 5.91 Å². The number of aryl methyl sites for hydroxylation is 2. The number of amides is 1. The summed E-state index contributed by atoms with van der Waals surface area (Å²) in [5.74, 6) is 0.0715. The van der Waals surface area contributed by atoms with E-state index in [1.165, 1.54) is 0 Å². The van der Waals surface area contributed by atoms with Gasteiger partial charge in [-0.05, 0) is 32.9 Å². The lowest BCUT2D eigenvalue weighted by atomic mass is 10.1. The minimum absolute atomic E-state index is 0.0322. The lowest BCUT2D eigenvalue weighted by Crippen LogP contribution is -2.38. The van der Waals surface area contributed by atoms with Gasteiger partial charge in [0.15, 0.2) is 0 Å². The number of hydrogen-bond acceptors (Lipinski definition) is 2. The predicted octanol–water partition coefficient (Wildman–Crippen LogP) is 2.69. The zero-order chi connectivity index (χ0) is 14.6. The first-order valence-corrected chi connectivity index (χ1v) is 6.92. The third-order valence-electron chi connectivity index (χ3n) is 3.12. The van der Waals surface area contributed by atoms with Crippen LogP contribution in [0.2, 0.25) is 0 Å². The number of hydrogen-bond donors (Lipinski definition) is 1. The highest BCUT2D eigenvalue weighted by Crippen LogP contribution is 2.13. The lowest BCUT2D eigenvalue weighted by molar-refractivity contribution is 0.0754. The summed E-state index contributed by atoms with van der Waals surface area (Å²) >= 11 is 4.97. The molecule has 1 rings (SSSR count). The second-order valence-corrected chi connectivity index (χ2v) is 5.49. The molecule has 0 aliphatic carbocycles. The van der Waals surface area contributed by atoms with Gasteiger partial charge in [0, 0.05) is 24.6 Å². The van der Waals surface area contributed by atoms with Crippen molar-refractivity contribution in [1.82, 2.24) is 4.90 Å². The third-order valence-corrected chi connectivity index (χ3v) is 3.52. The van der Waals surface area contributed by atoms with E-state index in [1.54, 1.807) is 4.90 Å². The summed E-state index contributed by atoms with van der Waals surface area (Å²) in [5, 5.41) is 0. The molecule has 19 heavy (non-hydrogen) atoms. The molecule has 0 aromatic heterocycles. The second kappa shape index (κ2) is 6.66. The van der Waals surface area contributed by atoms with Crippen LogP contribution in [0.5, 0.6) is 0 Å². The molecule has 0 heterocycles. The Hall–Kier alpha value is -1.42. The van der Waals surface area contributed by atoms with Gasteiger partial charge in [-0.2, -0.15) is 0 Å². The molecule has 1 aromatic carbocycles. The highest BCUT2D eigenvalue weighted by atomic mass is 32.1. The normalized spacial score (nSPS) is 12.0. The van der Waals surface area contributed by atoms with Crippen molar-refractivity contribution in [2.75, 3.05) is 13.1 Å². The van der Waals surface area contributed by atoms with Crippen LogP contribution in [0.4, 0.5) is 0 Å². The van der Waals surface area contributed by atoms with Gasteiger partial charge in [-0.25, -0.2) is 0 Å². The Morgan fingerprint density at radius 1 is 1.32 bits per heavy atom. The molecule has 0 bridgehead atoms. The van der Waals surface area contributed by atoms with Gasteiger partial charge >= 0.3 is 0 Å². The topological polar surface area (TPSA) is 46.3 Å². The zero-order valence-corrected chi connectivity index (χ0v) is 12.9. The Kier molecular flexibility index (Phi) is 5.48. The Labute approximate surface area is 120 Å². The Balaban J connectivity index is 2.92. The minimum Gasteiger partial charge on any atom is -0.393 e. The van der Waals surface area contributed by atoms with E-state index in [-0.39, 0.29) is 11.8 Å². The Morgan fingerprint density at radius 3 is 2.26 bits per heavy atom. The first-order valence-electron chi connectivity index (χ1n) is 6.52. The summed E-state index contributed by atoms with van der Waals surface area (Å²) < 4.78 is 0. The first kappa shape index (κ1) is 15.6. The number of nitrogens with zero attached hydrogens (tertiary/aromatic N) is 1. The van der Waals surface area contributed by atoms with Crippen LogP contribution in [0.3, 0.4) is 0 Å². The monoisotopic (exact) mass is 278 g/mol. The highest BCUT2D eigenvalue weighted by Gasteiger charge is 2.18. The molecular formula is C15H22N2OS. The maximum Gasteiger partial charge on any atom is 0.253 e. The average molecular weight is 278 g/mol. The van der Waals surface area contributed by atoms with Crippen LogP contribution in [-0.4, -0.2) is 28.9 Å². The number of thiocarbonyl (C=S) groups is 1. The summed E-state index contributed by atoms with van der Waals surface area (Å²) in [7, 11) is 0. The number of carbonyl (C=O) groups is 1. The molecule has 0 saturated carbocycles. The molecule has 3 nitrogen and oxygen atoms in total. The molecule has 0 radical (unpaired) electrons. The molecule has 1 aromatic rings. The van der Waals surface area contributed by atoms with E-state index >= 15 is 0 Å². The molecule has 1 amide bonds. The van der Waals surface area contributed by atoms with Gasteiger partial charge in [0.1, 0.15) is 0 Å². The number of rotatable bonds is 5. The van der Waals surface area contributed by atoms with E-state index in [0.29, 0.717) is 18.1 Å². The molecule has 1 unspecified atom stereocenters. The van der Waals surface area contributed by atoms with E-state index in [2.05, 4.69) is 6.07 Å². The fourth-order valence-corrected chi connectivity index (χ4v) is 2.13. The summed E-state index contributed by atoms with van der Waals surface area (Å²) in [5.41, 5.74) is 8.55. The van der Waals surface area contributed by atoms with Crippen LogP contribution in [-0.2, 0) is 0 Å². The Morgan fingerprint density at radius 2 is 1.84 bits per heavy atom. The van der Waals surface area contributed by atoms with Crippen LogP contribution in [0, 0.1) is 19.8 Å². The van der Waals surface area contributed by atoms with Crippen LogP contribution in [0.25, 0.3) is 0 Å². The van der Waals surface area contributed by atoms with Crippen LogP contribution in [0.15, 0.2) is 18.2 Å². The third kappa shape index (κ3) is 4.31. The van der Waals surface area contributed by atoms with Crippen molar-refractivity contribution in [1.29, 1.82) is 0 Å². The molecule has 104 valence electrons. The molecule has 0 fully saturated rings. The Bertz CT molecular complexity index is 465. The van der Waals surface area contributed by atoms with Crippen LogP contribution >= 0.6 is 12.2 Å². The van der Waals surface area contributed by atoms with Crippen molar-refractivity contribution < 1.29 is 4.79 Å². The molecule has 0 aliphatic rings. The van der Waals surface area contributed by atoms with E-state index in [4.69, 9.17) is 18.0 Å². The molecule has 0 aliphatic heterocycles. The fourth-order valence-electron chi connectivity index (χ4n) is 2.06. The minimum atomic E-state index is 0.0322. The number of nitrogens with two attached hydrogens (primary N) is 1. The van der Waals surface area contributed by atoms with Crippen molar-refractivity contribution in [2.45, 2.75) is 27.7 Å². The standard InChI is InChI=1S/C15H22N2OS/c1-5-17(9-12(4)14(16)19)15(18)13-7-10(2)6-11(3)8-13/h6-8,12H,5,9H2,1-4H3,(H2,16,19). The molecule has 0 saturated heterocycles. The van der Waals surface area contributed by atoms with Gasteiger partial charge in [0.05, 0.1) is 4.99 Å². The predicted molar refractivity (Wildman–Crippen MR) is 83.4 cm³/mol. The fraction of sp³-hybridized carbons (Fsp3) is 0.467. The average Bonchev–Trinajstić information content (AvgIpc) is 2.33. The van der Waals surface area contributed by atoms with E-state index in [1.807, 2.05) is 39.8 Å². The SMILES string of the molecule is CCN(CC(C)C(N)=S)C(=O)c1cc(C)cc(C)c1. The lowest BCUT2D eigenvalue weighted by Gasteiger charge is -2.24. The smallest absolute Gasteiger partial charge is 0.253 e. The summed E-state index contributed by atoms with van der Waals surface area (Å²) in [6.45, 7) is 9.12. The number of carbonyl (C=O) groups excluding carboxylic acids is 1. The quantitative estimate of drug-likeness (QED) is 0.842. The van der Waals surface area contributed by atoms with Gasteiger partial charge in [0.2, 0.25) is 0 Å². The van der Waals surface area contributed by atoms with Gasteiger partial charge in [-0.3, -0.25) is 4.79 Å². The van der Waals surface area contributed by atoms with Crippen molar-refractivity contribution in [3.63, 3.8) is 0 Å². The second-order valence-electron chi connectivity index (χ2n) is 5.02. The van der Waals surface area contributed by atoms with Crippen molar-refractivity contribution in [3.8, 4) is 0 Å². The molecule has 1 atom stereocenters. The molecule has 2 N–H and O–H groups in total. The van der Waals surface area contributed by atoms with Gasteiger partial charge < -0.3 is 10.6 Å². The van der Waals surface area contributed by atoms with E-state index in [0.717, 1.165) is 16.7 Å². The maximum atomic E-state index is 12.5. The van der Waals surface area contributed by atoms with Crippen LogP contribution in [0.1, 0.15) is 35.3 Å². The molecule has 4 heteroatoms. The van der Waals surface area contributed by atoms with Crippen molar-refractivity contribution in [3.05, 3.63) is 34.9 Å². The van der Waals surface area contributed by atoms with Crippen molar-refractivity contribution >= 4 is 23.1 Å². The molecule has 0 spiro atoms.